The Balaban J connectivity index is 2.48. The summed E-state index contributed by atoms with van der Waals surface area (Å²) >= 11 is 0. The molecule has 0 aromatic rings. The van der Waals surface area contributed by atoms with Crippen LogP contribution >= 0.6 is 0 Å². The van der Waals surface area contributed by atoms with E-state index >= 15 is 0 Å². The number of rotatable bonds is 4. The molecule has 0 bridgehead atoms. The van der Waals surface area contributed by atoms with Crippen LogP contribution in [0.5, 0.6) is 0 Å². The van der Waals surface area contributed by atoms with E-state index < -0.39 is 0 Å². The van der Waals surface area contributed by atoms with Gasteiger partial charge in [-0.3, -0.25) is 0 Å². The summed E-state index contributed by atoms with van der Waals surface area (Å²) in [7, 11) is 0. The Bertz CT molecular complexity index is 184. The Morgan fingerprint density at radius 1 is 1.27 bits per heavy atom. The predicted octanol–water partition coefficient (Wildman–Crippen LogP) is 3.82. The molecule has 0 heterocycles. The summed E-state index contributed by atoms with van der Waals surface area (Å²) in [4.78, 5) is 0. The molecule has 0 aliphatic heterocycles. The van der Waals surface area contributed by atoms with Crippen LogP contribution in [0.4, 0.5) is 0 Å². The largest absolute Gasteiger partial charge is 0.330 e. The Hall–Kier alpha value is -0.0400. The van der Waals surface area contributed by atoms with Gasteiger partial charge in [-0.15, -0.1) is 0 Å². The van der Waals surface area contributed by atoms with Crippen molar-refractivity contribution >= 4 is 0 Å². The molecule has 1 saturated carbocycles. The zero-order chi connectivity index (χ0) is 11.5. The minimum atomic E-state index is 0.563. The molecule has 2 atom stereocenters. The quantitative estimate of drug-likeness (QED) is 0.751. The van der Waals surface area contributed by atoms with Gasteiger partial charge in [0.25, 0.3) is 0 Å². The average molecular weight is 211 g/mol. The Labute approximate surface area is 95.8 Å². The van der Waals surface area contributed by atoms with Gasteiger partial charge >= 0.3 is 0 Å². The molecule has 0 radical (unpaired) electrons. The highest BCUT2D eigenvalue weighted by Crippen LogP contribution is 2.43. The summed E-state index contributed by atoms with van der Waals surface area (Å²) in [6.45, 7) is 10.4. The van der Waals surface area contributed by atoms with Crippen LogP contribution in [0.3, 0.4) is 0 Å². The van der Waals surface area contributed by atoms with Crippen molar-refractivity contribution in [2.24, 2.45) is 28.9 Å². The number of hydrogen-bond donors (Lipinski definition) is 1. The molecule has 15 heavy (non-hydrogen) atoms. The van der Waals surface area contributed by atoms with E-state index in [1.165, 1.54) is 32.1 Å². The molecule has 1 aliphatic carbocycles. The maximum atomic E-state index is 5.89. The zero-order valence-electron chi connectivity index (χ0n) is 11.1. The zero-order valence-corrected chi connectivity index (χ0v) is 11.1. The smallest absolute Gasteiger partial charge is 0.00462 e. The molecule has 2 unspecified atom stereocenters. The highest BCUT2D eigenvalue weighted by molar-refractivity contribution is 4.85. The summed E-state index contributed by atoms with van der Waals surface area (Å²) < 4.78 is 0. The SMILES string of the molecule is CC(C)CCC1CC(C)(C)CCC1CN. The first kappa shape index (κ1) is 13.0. The van der Waals surface area contributed by atoms with Gasteiger partial charge in [0.15, 0.2) is 0 Å². The van der Waals surface area contributed by atoms with Crippen molar-refractivity contribution in [3.63, 3.8) is 0 Å². The molecule has 0 aromatic heterocycles. The molecular formula is C14H29N. The fraction of sp³-hybridized carbons (Fsp3) is 1.00. The Kier molecular flexibility index (Phi) is 4.64. The third-order valence-electron chi connectivity index (χ3n) is 4.09. The normalized spacial score (nSPS) is 30.8. The lowest BCUT2D eigenvalue weighted by molar-refractivity contribution is 0.111. The number of hydrogen-bond acceptors (Lipinski definition) is 1. The fourth-order valence-corrected chi connectivity index (χ4v) is 2.99. The molecule has 0 spiro atoms. The second kappa shape index (κ2) is 5.34. The lowest BCUT2D eigenvalue weighted by Gasteiger charge is -2.40. The molecule has 1 nitrogen and oxygen atoms in total. The van der Waals surface area contributed by atoms with Gasteiger partial charge in [0, 0.05) is 0 Å². The minimum absolute atomic E-state index is 0.563. The monoisotopic (exact) mass is 211 g/mol. The van der Waals surface area contributed by atoms with Crippen LogP contribution < -0.4 is 5.73 Å². The highest BCUT2D eigenvalue weighted by Gasteiger charge is 2.33. The van der Waals surface area contributed by atoms with Gasteiger partial charge in [0.05, 0.1) is 0 Å². The van der Waals surface area contributed by atoms with Crippen molar-refractivity contribution in [2.75, 3.05) is 6.54 Å². The van der Waals surface area contributed by atoms with Crippen LogP contribution in [0.1, 0.15) is 59.8 Å². The molecule has 1 rings (SSSR count). The van der Waals surface area contributed by atoms with Crippen LogP contribution in [0, 0.1) is 23.2 Å². The average Bonchev–Trinajstić information content (AvgIpc) is 2.13. The van der Waals surface area contributed by atoms with E-state index in [2.05, 4.69) is 27.7 Å². The van der Waals surface area contributed by atoms with Crippen molar-refractivity contribution < 1.29 is 0 Å². The third-order valence-corrected chi connectivity index (χ3v) is 4.09. The van der Waals surface area contributed by atoms with Gasteiger partial charge in [-0.05, 0) is 55.4 Å². The third kappa shape index (κ3) is 4.14. The molecule has 2 N–H and O–H groups in total. The highest BCUT2D eigenvalue weighted by atomic mass is 14.6. The van der Waals surface area contributed by atoms with E-state index in [4.69, 9.17) is 5.73 Å². The molecule has 1 heteroatoms. The predicted molar refractivity (Wildman–Crippen MR) is 67.7 cm³/mol. The van der Waals surface area contributed by atoms with Gasteiger partial charge in [0.1, 0.15) is 0 Å². The maximum absolute atomic E-state index is 5.89. The van der Waals surface area contributed by atoms with Crippen LogP contribution in [0.25, 0.3) is 0 Å². The second-order valence-corrected chi connectivity index (χ2v) is 6.63. The summed E-state index contributed by atoms with van der Waals surface area (Å²) in [6.07, 6.45) is 6.88. The van der Waals surface area contributed by atoms with Crippen molar-refractivity contribution in [1.29, 1.82) is 0 Å². The fourth-order valence-electron chi connectivity index (χ4n) is 2.99. The van der Waals surface area contributed by atoms with Crippen molar-refractivity contribution in [3.05, 3.63) is 0 Å². The maximum Gasteiger partial charge on any atom is -0.00462 e. The first-order valence-corrected chi connectivity index (χ1v) is 6.64. The standard InChI is InChI=1S/C14H29N/c1-11(2)5-6-12-9-14(3,4)8-7-13(12)10-15/h11-13H,5-10,15H2,1-4H3. The van der Waals surface area contributed by atoms with Gasteiger partial charge in [0.2, 0.25) is 0 Å². The van der Waals surface area contributed by atoms with Crippen LogP contribution in [-0.2, 0) is 0 Å². The molecule has 0 saturated heterocycles. The Morgan fingerprint density at radius 3 is 2.47 bits per heavy atom. The van der Waals surface area contributed by atoms with E-state index in [1.807, 2.05) is 0 Å². The lowest BCUT2D eigenvalue weighted by Crippen LogP contribution is -2.34. The summed E-state index contributed by atoms with van der Waals surface area (Å²) in [5.41, 5.74) is 6.45. The van der Waals surface area contributed by atoms with Crippen molar-refractivity contribution in [3.8, 4) is 0 Å². The molecule has 0 amide bonds. The summed E-state index contributed by atoms with van der Waals surface area (Å²) in [6, 6.07) is 0. The van der Waals surface area contributed by atoms with Crippen molar-refractivity contribution in [2.45, 2.75) is 59.8 Å². The Morgan fingerprint density at radius 2 is 1.93 bits per heavy atom. The molecular weight excluding hydrogens is 182 g/mol. The minimum Gasteiger partial charge on any atom is -0.330 e. The second-order valence-electron chi connectivity index (χ2n) is 6.63. The topological polar surface area (TPSA) is 26.0 Å². The van der Waals surface area contributed by atoms with Crippen LogP contribution in [-0.4, -0.2) is 6.54 Å². The first-order chi connectivity index (χ1) is 6.94. The van der Waals surface area contributed by atoms with Crippen molar-refractivity contribution in [1.82, 2.24) is 0 Å². The number of nitrogens with two attached hydrogens (primary N) is 1. The van der Waals surface area contributed by atoms with Gasteiger partial charge in [-0.2, -0.15) is 0 Å². The summed E-state index contributed by atoms with van der Waals surface area (Å²) in [5, 5.41) is 0. The first-order valence-electron chi connectivity index (χ1n) is 6.64. The van der Waals surface area contributed by atoms with E-state index in [0.29, 0.717) is 5.41 Å². The lowest BCUT2D eigenvalue weighted by atomic mass is 9.65. The van der Waals surface area contributed by atoms with Crippen LogP contribution in [0.2, 0.25) is 0 Å². The van der Waals surface area contributed by atoms with Gasteiger partial charge < -0.3 is 5.73 Å². The van der Waals surface area contributed by atoms with E-state index in [1.54, 1.807) is 0 Å². The summed E-state index contributed by atoms with van der Waals surface area (Å²) in [5.74, 6) is 2.53. The molecule has 90 valence electrons. The van der Waals surface area contributed by atoms with E-state index in [-0.39, 0.29) is 0 Å². The van der Waals surface area contributed by atoms with Crippen LogP contribution in [0.15, 0.2) is 0 Å². The van der Waals surface area contributed by atoms with E-state index in [0.717, 1.165) is 24.3 Å². The molecule has 1 fully saturated rings. The molecule has 1 aliphatic rings. The van der Waals surface area contributed by atoms with E-state index in [9.17, 15) is 0 Å². The van der Waals surface area contributed by atoms with Gasteiger partial charge in [-0.1, -0.05) is 34.1 Å². The molecule has 0 aromatic carbocycles. The van der Waals surface area contributed by atoms with Gasteiger partial charge in [-0.25, -0.2) is 0 Å².